The van der Waals surface area contributed by atoms with Gasteiger partial charge in [-0.3, -0.25) is 14.9 Å². The van der Waals surface area contributed by atoms with Gasteiger partial charge in [0.15, 0.2) is 0 Å². The smallest absolute Gasteiger partial charge is 0.249 e. The highest BCUT2D eigenvalue weighted by Crippen LogP contribution is 2.24. The van der Waals surface area contributed by atoms with Crippen molar-refractivity contribution in [2.45, 2.75) is 19.9 Å². The highest BCUT2D eigenvalue weighted by Gasteiger charge is 2.32. The van der Waals surface area contributed by atoms with Crippen molar-refractivity contribution in [2.24, 2.45) is 0 Å². The number of nitrogens with zero attached hydrogens (tertiary/aromatic N) is 3. The van der Waals surface area contributed by atoms with Gasteiger partial charge in [-0.1, -0.05) is 0 Å². The molecule has 2 heterocycles. The maximum absolute atomic E-state index is 11.6. The van der Waals surface area contributed by atoms with E-state index in [4.69, 9.17) is 0 Å². The number of aromatic nitrogens is 2. The van der Waals surface area contributed by atoms with Crippen molar-refractivity contribution in [2.75, 3.05) is 23.8 Å². The van der Waals surface area contributed by atoms with Gasteiger partial charge >= 0.3 is 0 Å². The molecule has 0 saturated carbocycles. The van der Waals surface area contributed by atoms with Crippen LogP contribution in [0.15, 0.2) is 6.33 Å². The molecule has 1 aromatic heterocycles. The standard InChI is InChI=1S/C11H15N5O2/c1-6-9(12-3)13-5-14-10(6)16-4-8(17)15-11(18)7(16)2/h5,7H,4H2,1-3H3,(H,12,13,14)(H,15,17,18). The van der Waals surface area contributed by atoms with E-state index in [1.807, 2.05) is 6.92 Å². The summed E-state index contributed by atoms with van der Waals surface area (Å²) in [6.07, 6.45) is 1.41. The quantitative estimate of drug-likeness (QED) is 0.698. The van der Waals surface area contributed by atoms with E-state index < -0.39 is 6.04 Å². The SMILES string of the molecule is CNc1ncnc(N2CC(=O)NC(=O)C2C)c1C. The van der Waals surface area contributed by atoms with Crippen LogP contribution in [0.3, 0.4) is 0 Å². The number of imide groups is 1. The van der Waals surface area contributed by atoms with Crippen LogP contribution in [0.1, 0.15) is 12.5 Å². The van der Waals surface area contributed by atoms with Gasteiger partial charge in [0.2, 0.25) is 11.8 Å². The summed E-state index contributed by atoms with van der Waals surface area (Å²) in [5, 5.41) is 5.25. The van der Waals surface area contributed by atoms with E-state index in [0.717, 1.165) is 5.56 Å². The lowest BCUT2D eigenvalue weighted by Crippen LogP contribution is -2.57. The average molecular weight is 249 g/mol. The van der Waals surface area contributed by atoms with Crippen molar-refractivity contribution < 1.29 is 9.59 Å². The Morgan fingerprint density at radius 1 is 1.44 bits per heavy atom. The number of hydrogen-bond acceptors (Lipinski definition) is 6. The molecule has 1 fully saturated rings. The summed E-state index contributed by atoms with van der Waals surface area (Å²) < 4.78 is 0. The van der Waals surface area contributed by atoms with Gasteiger partial charge < -0.3 is 10.2 Å². The van der Waals surface area contributed by atoms with Crippen LogP contribution < -0.4 is 15.5 Å². The molecule has 0 aromatic carbocycles. The van der Waals surface area contributed by atoms with E-state index >= 15 is 0 Å². The fraction of sp³-hybridized carbons (Fsp3) is 0.455. The molecule has 0 spiro atoms. The average Bonchev–Trinajstić information content (AvgIpc) is 2.34. The van der Waals surface area contributed by atoms with E-state index in [-0.39, 0.29) is 18.4 Å². The maximum atomic E-state index is 11.6. The highest BCUT2D eigenvalue weighted by molar-refractivity contribution is 6.04. The first-order valence-electron chi connectivity index (χ1n) is 5.64. The lowest BCUT2D eigenvalue weighted by molar-refractivity contribution is -0.132. The van der Waals surface area contributed by atoms with Gasteiger partial charge in [-0.2, -0.15) is 0 Å². The Labute approximate surface area is 105 Å². The summed E-state index contributed by atoms with van der Waals surface area (Å²) in [6, 6.07) is -0.430. The molecule has 96 valence electrons. The Balaban J connectivity index is 2.41. The Kier molecular flexibility index (Phi) is 3.14. The van der Waals surface area contributed by atoms with Crippen LogP contribution in [0, 0.1) is 6.92 Å². The van der Waals surface area contributed by atoms with Crippen LogP contribution >= 0.6 is 0 Å². The molecule has 2 rings (SSSR count). The fourth-order valence-electron chi connectivity index (χ4n) is 1.96. The van der Waals surface area contributed by atoms with Crippen LogP contribution in [0.5, 0.6) is 0 Å². The summed E-state index contributed by atoms with van der Waals surface area (Å²) in [5.41, 5.74) is 0.814. The van der Waals surface area contributed by atoms with Gasteiger partial charge in [-0.05, 0) is 13.8 Å². The maximum Gasteiger partial charge on any atom is 0.249 e. The predicted octanol–water partition coefficient (Wildman–Crippen LogP) is -0.322. The number of piperazine rings is 1. The third kappa shape index (κ3) is 1.99. The van der Waals surface area contributed by atoms with Crippen LogP contribution in [0.4, 0.5) is 11.6 Å². The van der Waals surface area contributed by atoms with E-state index in [0.29, 0.717) is 11.6 Å². The molecule has 2 N–H and O–H groups in total. The number of carbonyl (C=O) groups excluding carboxylic acids is 2. The Morgan fingerprint density at radius 2 is 2.17 bits per heavy atom. The van der Waals surface area contributed by atoms with Gasteiger partial charge in [0.1, 0.15) is 24.0 Å². The van der Waals surface area contributed by atoms with E-state index in [1.165, 1.54) is 6.33 Å². The minimum Gasteiger partial charge on any atom is -0.373 e. The Bertz CT molecular complexity index is 502. The van der Waals surface area contributed by atoms with Gasteiger partial charge in [-0.25, -0.2) is 9.97 Å². The Morgan fingerprint density at radius 3 is 2.83 bits per heavy atom. The number of nitrogens with one attached hydrogen (secondary N) is 2. The largest absolute Gasteiger partial charge is 0.373 e. The van der Waals surface area contributed by atoms with Crippen molar-refractivity contribution in [1.29, 1.82) is 0 Å². The molecule has 1 unspecified atom stereocenters. The van der Waals surface area contributed by atoms with E-state index in [1.54, 1.807) is 18.9 Å². The molecule has 0 radical (unpaired) electrons. The van der Waals surface area contributed by atoms with Crippen molar-refractivity contribution in [3.05, 3.63) is 11.9 Å². The lowest BCUT2D eigenvalue weighted by atomic mass is 10.1. The highest BCUT2D eigenvalue weighted by atomic mass is 16.2. The molecule has 1 atom stereocenters. The third-order valence-electron chi connectivity index (χ3n) is 2.99. The molecule has 2 amide bonds. The molecular formula is C11H15N5O2. The number of rotatable bonds is 2. The normalized spacial score (nSPS) is 19.7. The second-order valence-electron chi connectivity index (χ2n) is 4.14. The number of amides is 2. The molecule has 18 heavy (non-hydrogen) atoms. The molecule has 0 bridgehead atoms. The Hall–Kier alpha value is -2.18. The van der Waals surface area contributed by atoms with Gasteiger partial charge in [0, 0.05) is 12.6 Å². The molecule has 7 nitrogen and oxygen atoms in total. The molecule has 1 aliphatic heterocycles. The van der Waals surface area contributed by atoms with Crippen molar-refractivity contribution in [3.8, 4) is 0 Å². The zero-order valence-electron chi connectivity index (χ0n) is 10.5. The van der Waals surface area contributed by atoms with Gasteiger partial charge in [0.25, 0.3) is 0 Å². The topological polar surface area (TPSA) is 87.2 Å². The minimum absolute atomic E-state index is 0.119. The summed E-state index contributed by atoms with van der Waals surface area (Å²) in [7, 11) is 1.76. The first-order chi connectivity index (χ1) is 8.54. The van der Waals surface area contributed by atoms with Crippen LogP contribution in [-0.4, -0.2) is 41.4 Å². The number of carbonyl (C=O) groups is 2. The lowest BCUT2D eigenvalue weighted by Gasteiger charge is -2.33. The van der Waals surface area contributed by atoms with Crippen molar-refractivity contribution in [3.63, 3.8) is 0 Å². The van der Waals surface area contributed by atoms with Crippen LogP contribution in [-0.2, 0) is 9.59 Å². The van der Waals surface area contributed by atoms with Crippen molar-refractivity contribution >= 4 is 23.5 Å². The molecule has 0 aliphatic carbocycles. The predicted molar refractivity (Wildman–Crippen MR) is 66.3 cm³/mol. The van der Waals surface area contributed by atoms with Gasteiger partial charge in [0.05, 0.1) is 6.54 Å². The summed E-state index contributed by atoms with van der Waals surface area (Å²) in [4.78, 5) is 33.0. The minimum atomic E-state index is -0.430. The third-order valence-corrected chi connectivity index (χ3v) is 2.99. The zero-order valence-corrected chi connectivity index (χ0v) is 10.5. The molecular weight excluding hydrogens is 234 g/mol. The monoisotopic (exact) mass is 249 g/mol. The second kappa shape index (κ2) is 4.59. The first kappa shape index (κ1) is 12.3. The van der Waals surface area contributed by atoms with Crippen LogP contribution in [0.25, 0.3) is 0 Å². The molecule has 1 saturated heterocycles. The summed E-state index contributed by atoms with van der Waals surface area (Å²) >= 11 is 0. The van der Waals surface area contributed by atoms with Crippen molar-refractivity contribution in [1.82, 2.24) is 15.3 Å². The van der Waals surface area contributed by atoms with Gasteiger partial charge in [-0.15, -0.1) is 0 Å². The zero-order chi connectivity index (χ0) is 13.3. The number of hydrogen-bond donors (Lipinski definition) is 2. The second-order valence-corrected chi connectivity index (χ2v) is 4.14. The summed E-state index contributed by atoms with van der Waals surface area (Å²) in [6.45, 7) is 3.71. The fourth-order valence-corrected chi connectivity index (χ4v) is 1.96. The van der Waals surface area contributed by atoms with E-state index in [9.17, 15) is 9.59 Å². The molecule has 7 heteroatoms. The first-order valence-corrected chi connectivity index (χ1v) is 5.64. The van der Waals surface area contributed by atoms with Crippen LogP contribution in [0.2, 0.25) is 0 Å². The summed E-state index contributed by atoms with van der Waals surface area (Å²) in [5.74, 6) is 0.660. The molecule has 1 aromatic rings. The number of anilines is 2. The van der Waals surface area contributed by atoms with E-state index in [2.05, 4.69) is 20.6 Å². The molecule has 1 aliphatic rings.